The van der Waals surface area contributed by atoms with E-state index in [1.807, 2.05) is 12.1 Å². The number of aromatic nitrogens is 1. The van der Waals surface area contributed by atoms with E-state index in [1.54, 1.807) is 18.3 Å². The van der Waals surface area contributed by atoms with Crippen LogP contribution in [0.15, 0.2) is 72.9 Å². The van der Waals surface area contributed by atoms with Crippen LogP contribution >= 0.6 is 0 Å². The zero-order valence-corrected chi connectivity index (χ0v) is 20.7. The summed E-state index contributed by atoms with van der Waals surface area (Å²) in [7, 11) is 2.19. The molecule has 0 bridgehead atoms. The molecule has 4 rings (SSSR count). The first-order valence-corrected chi connectivity index (χ1v) is 11.8. The summed E-state index contributed by atoms with van der Waals surface area (Å²) < 4.78 is 45.1. The molecule has 1 aromatic heterocycles. The van der Waals surface area contributed by atoms with Gasteiger partial charge in [0.05, 0.1) is 0 Å². The van der Waals surface area contributed by atoms with Crippen LogP contribution in [0.4, 0.5) is 29.1 Å². The highest BCUT2D eigenvalue weighted by Crippen LogP contribution is 2.24. The van der Waals surface area contributed by atoms with Crippen molar-refractivity contribution in [3.63, 3.8) is 0 Å². The SMILES string of the molecule is CN(Cc1ccccc1)C1CCN(c2cc(NC(=O)c3cccc(F)c3)ccn2)CC1.O=C(O)C(F)(F)F. The molecule has 0 radical (unpaired) electrons. The van der Waals surface area contributed by atoms with Gasteiger partial charge in [0.2, 0.25) is 0 Å². The van der Waals surface area contributed by atoms with Gasteiger partial charge < -0.3 is 15.3 Å². The molecule has 1 saturated heterocycles. The maximum absolute atomic E-state index is 13.4. The van der Waals surface area contributed by atoms with Crippen molar-refractivity contribution in [2.45, 2.75) is 31.6 Å². The number of benzene rings is 2. The highest BCUT2D eigenvalue weighted by molar-refractivity contribution is 6.04. The highest BCUT2D eigenvalue weighted by Gasteiger charge is 2.38. The molecule has 202 valence electrons. The van der Waals surface area contributed by atoms with Crippen molar-refractivity contribution in [1.82, 2.24) is 9.88 Å². The molecular weight excluding hydrogens is 504 g/mol. The standard InChI is InChI=1S/C25H27FN4O.C2HF3O2/c1-29(18-19-6-3-2-4-7-19)23-11-14-30(15-12-23)24-17-22(10-13-27-24)28-25(31)20-8-5-9-21(26)16-20;3-2(4,5)1(6)7/h2-10,13,16-17,23H,11-12,14-15,18H2,1H3,(H,27,28,31);(H,6,7). The zero-order valence-electron chi connectivity index (χ0n) is 20.7. The van der Waals surface area contributed by atoms with E-state index in [2.05, 4.69) is 51.4 Å². The lowest BCUT2D eigenvalue weighted by Crippen LogP contribution is -2.43. The summed E-state index contributed by atoms with van der Waals surface area (Å²) in [5.41, 5.74) is 2.28. The average Bonchev–Trinajstić information content (AvgIpc) is 2.89. The molecule has 38 heavy (non-hydrogen) atoms. The quantitative estimate of drug-likeness (QED) is 0.424. The minimum atomic E-state index is -5.08. The Hall–Kier alpha value is -3.99. The van der Waals surface area contributed by atoms with Gasteiger partial charge in [-0.3, -0.25) is 9.69 Å². The van der Waals surface area contributed by atoms with E-state index in [-0.39, 0.29) is 5.91 Å². The third-order valence-corrected chi connectivity index (χ3v) is 6.02. The topological polar surface area (TPSA) is 85.8 Å². The number of pyridine rings is 1. The first-order valence-electron chi connectivity index (χ1n) is 11.8. The normalized spacial score (nSPS) is 14.0. The van der Waals surface area contributed by atoms with E-state index in [1.165, 1.54) is 23.8 Å². The number of hydrogen-bond donors (Lipinski definition) is 2. The van der Waals surface area contributed by atoms with E-state index in [4.69, 9.17) is 9.90 Å². The largest absolute Gasteiger partial charge is 0.490 e. The molecule has 1 aliphatic heterocycles. The van der Waals surface area contributed by atoms with Crippen LogP contribution in [0, 0.1) is 5.82 Å². The van der Waals surface area contributed by atoms with Crippen LogP contribution in [0.25, 0.3) is 0 Å². The average molecular weight is 533 g/mol. The van der Waals surface area contributed by atoms with Crippen LogP contribution in [0.5, 0.6) is 0 Å². The van der Waals surface area contributed by atoms with Crippen LogP contribution < -0.4 is 10.2 Å². The molecule has 11 heteroatoms. The second-order valence-electron chi connectivity index (χ2n) is 8.79. The number of anilines is 2. The Morgan fingerprint density at radius 1 is 1.05 bits per heavy atom. The predicted octanol–water partition coefficient (Wildman–Crippen LogP) is 5.21. The number of rotatable bonds is 6. The molecule has 2 N–H and O–H groups in total. The van der Waals surface area contributed by atoms with Gasteiger partial charge in [-0.25, -0.2) is 14.2 Å². The van der Waals surface area contributed by atoms with Crippen molar-refractivity contribution in [3.05, 3.63) is 89.9 Å². The summed E-state index contributed by atoms with van der Waals surface area (Å²) in [5, 5.41) is 9.96. The Balaban J connectivity index is 0.000000505. The van der Waals surface area contributed by atoms with E-state index in [0.717, 1.165) is 38.3 Å². The van der Waals surface area contributed by atoms with Crippen LogP contribution in [-0.4, -0.2) is 59.2 Å². The first kappa shape index (κ1) is 28.6. The molecule has 1 amide bonds. The van der Waals surface area contributed by atoms with Gasteiger partial charge in [-0.1, -0.05) is 36.4 Å². The van der Waals surface area contributed by atoms with E-state index in [0.29, 0.717) is 17.3 Å². The smallest absolute Gasteiger partial charge is 0.475 e. The lowest BCUT2D eigenvalue weighted by Gasteiger charge is -2.37. The van der Waals surface area contributed by atoms with Crippen LogP contribution in [-0.2, 0) is 11.3 Å². The fourth-order valence-electron chi connectivity index (χ4n) is 4.04. The third kappa shape index (κ3) is 8.55. The highest BCUT2D eigenvalue weighted by atomic mass is 19.4. The molecular formula is C27H28F4N4O3. The Bertz CT molecular complexity index is 1220. The molecule has 7 nitrogen and oxygen atoms in total. The number of aliphatic carboxylic acids is 1. The number of hydrogen-bond acceptors (Lipinski definition) is 5. The Labute approximate surface area is 217 Å². The molecule has 2 aromatic carbocycles. The minimum absolute atomic E-state index is 0.292. The zero-order chi connectivity index (χ0) is 27.7. The van der Waals surface area contributed by atoms with Gasteiger partial charge >= 0.3 is 12.1 Å². The summed E-state index contributed by atoms with van der Waals surface area (Å²) in [6.45, 7) is 2.78. The van der Waals surface area contributed by atoms with Crippen molar-refractivity contribution in [2.75, 3.05) is 30.4 Å². The number of carbonyl (C=O) groups excluding carboxylic acids is 1. The van der Waals surface area contributed by atoms with Gasteiger partial charge in [0.15, 0.2) is 0 Å². The second kappa shape index (κ2) is 13.0. The Morgan fingerprint density at radius 2 is 1.71 bits per heavy atom. The lowest BCUT2D eigenvalue weighted by atomic mass is 10.0. The van der Waals surface area contributed by atoms with E-state index >= 15 is 0 Å². The summed E-state index contributed by atoms with van der Waals surface area (Å²) in [6.07, 6.45) is -1.26. The van der Waals surface area contributed by atoms with Gasteiger partial charge in [0, 0.05) is 49.2 Å². The van der Waals surface area contributed by atoms with Crippen molar-refractivity contribution in [2.24, 2.45) is 0 Å². The van der Waals surface area contributed by atoms with E-state index in [9.17, 15) is 22.4 Å². The fraction of sp³-hybridized carbons (Fsp3) is 0.296. The number of amides is 1. The molecule has 0 unspecified atom stereocenters. The Kier molecular flexibility index (Phi) is 9.78. The number of alkyl halides is 3. The van der Waals surface area contributed by atoms with Crippen LogP contribution in [0.1, 0.15) is 28.8 Å². The molecule has 0 saturated carbocycles. The summed E-state index contributed by atoms with van der Waals surface area (Å²) >= 11 is 0. The summed E-state index contributed by atoms with van der Waals surface area (Å²) in [5.74, 6) is -2.67. The van der Waals surface area contributed by atoms with Gasteiger partial charge in [0.25, 0.3) is 5.91 Å². The molecule has 2 heterocycles. The molecule has 3 aromatic rings. The second-order valence-corrected chi connectivity index (χ2v) is 8.79. The summed E-state index contributed by atoms with van der Waals surface area (Å²) in [4.78, 5) is 30.5. The van der Waals surface area contributed by atoms with E-state index < -0.39 is 18.0 Å². The summed E-state index contributed by atoms with van der Waals surface area (Å²) in [6, 6.07) is 20.4. The monoisotopic (exact) mass is 532 g/mol. The number of halogens is 4. The third-order valence-electron chi connectivity index (χ3n) is 6.02. The predicted molar refractivity (Wildman–Crippen MR) is 135 cm³/mol. The van der Waals surface area contributed by atoms with Gasteiger partial charge in [0.1, 0.15) is 11.6 Å². The van der Waals surface area contributed by atoms with Crippen molar-refractivity contribution in [3.8, 4) is 0 Å². The van der Waals surface area contributed by atoms with Crippen molar-refractivity contribution >= 4 is 23.4 Å². The van der Waals surface area contributed by atoms with Crippen molar-refractivity contribution < 1.29 is 32.3 Å². The molecule has 0 aliphatic carbocycles. The molecule has 0 spiro atoms. The first-order chi connectivity index (χ1) is 18.0. The number of nitrogens with one attached hydrogen (secondary N) is 1. The van der Waals surface area contributed by atoms with Gasteiger partial charge in [-0.15, -0.1) is 0 Å². The minimum Gasteiger partial charge on any atom is -0.475 e. The molecule has 1 aliphatic rings. The maximum atomic E-state index is 13.4. The van der Waals surface area contributed by atoms with Crippen LogP contribution in [0.2, 0.25) is 0 Å². The maximum Gasteiger partial charge on any atom is 0.490 e. The fourth-order valence-corrected chi connectivity index (χ4v) is 4.04. The Morgan fingerprint density at radius 3 is 2.32 bits per heavy atom. The van der Waals surface area contributed by atoms with Gasteiger partial charge in [-0.05, 0) is 49.7 Å². The molecule has 1 fully saturated rings. The number of carboxylic acids is 1. The van der Waals surface area contributed by atoms with Crippen molar-refractivity contribution in [1.29, 1.82) is 0 Å². The molecule has 0 atom stereocenters. The number of nitrogens with zero attached hydrogens (tertiary/aromatic N) is 3. The van der Waals surface area contributed by atoms with Crippen LogP contribution in [0.3, 0.4) is 0 Å². The number of carbonyl (C=O) groups is 2. The number of carboxylic acid groups (broad SMARTS) is 1. The number of piperidine rings is 1. The van der Waals surface area contributed by atoms with Gasteiger partial charge in [-0.2, -0.15) is 13.2 Å². The lowest BCUT2D eigenvalue weighted by molar-refractivity contribution is -0.192.